The van der Waals surface area contributed by atoms with Crippen molar-refractivity contribution < 1.29 is 4.79 Å². The number of nitrogens with one attached hydrogen (secondary N) is 3. The van der Waals surface area contributed by atoms with E-state index >= 15 is 0 Å². The van der Waals surface area contributed by atoms with Crippen molar-refractivity contribution in [1.29, 1.82) is 0 Å². The van der Waals surface area contributed by atoms with Gasteiger partial charge in [0, 0.05) is 29.0 Å². The second kappa shape index (κ2) is 7.42. The molecule has 0 radical (unpaired) electrons. The second-order valence-corrected chi connectivity index (χ2v) is 9.08. The van der Waals surface area contributed by atoms with Gasteiger partial charge >= 0.3 is 0 Å². The zero-order valence-electron chi connectivity index (χ0n) is 18.6. The third kappa shape index (κ3) is 2.85. The van der Waals surface area contributed by atoms with Gasteiger partial charge in [-0.25, -0.2) is 9.97 Å². The number of amides is 1. The maximum absolute atomic E-state index is 13.4. The van der Waals surface area contributed by atoms with E-state index in [1.165, 1.54) is 24.2 Å². The van der Waals surface area contributed by atoms with Crippen molar-refractivity contribution in [3.8, 4) is 22.5 Å². The molecule has 0 spiro atoms. The van der Waals surface area contributed by atoms with Crippen LogP contribution in [0, 0.1) is 0 Å². The van der Waals surface area contributed by atoms with Gasteiger partial charge in [0.1, 0.15) is 11.5 Å². The molecule has 166 valence electrons. The van der Waals surface area contributed by atoms with Crippen LogP contribution < -0.4 is 5.32 Å². The Labute approximate surface area is 196 Å². The number of hydrogen-bond donors (Lipinski definition) is 3. The highest BCUT2D eigenvalue weighted by atomic mass is 16.1. The molecule has 3 N–H and O–H groups in total. The molecule has 1 atom stereocenters. The number of aryl methyl sites for hydroxylation is 2. The van der Waals surface area contributed by atoms with Crippen LogP contribution in [0.2, 0.25) is 0 Å². The molecule has 34 heavy (non-hydrogen) atoms. The van der Waals surface area contributed by atoms with E-state index in [4.69, 9.17) is 4.98 Å². The normalized spacial score (nSPS) is 16.2. The van der Waals surface area contributed by atoms with Crippen LogP contribution in [0.1, 0.15) is 51.8 Å². The Balaban J connectivity index is 1.34. The molecular formula is C28H23N5O. The summed E-state index contributed by atoms with van der Waals surface area (Å²) in [5.41, 5.74) is 9.38. The van der Waals surface area contributed by atoms with Gasteiger partial charge in [-0.3, -0.25) is 4.79 Å². The van der Waals surface area contributed by atoms with Crippen LogP contribution in [0.15, 0.2) is 67.0 Å². The molecule has 6 nitrogen and oxygen atoms in total. The predicted molar refractivity (Wildman–Crippen MR) is 132 cm³/mol. The lowest BCUT2D eigenvalue weighted by Gasteiger charge is -2.16. The van der Waals surface area contributed by atoms with E-state index in [2.05, 4.69) is 56.7 Å². The van der Waals surface area contributed by atoms with E-state index < -0.39 is 0 Å². The molecule has 0 saturated carbocycles. The van der Waals surface area contributed by atoms with E-state index in [1.54, 1.807) is 12.3 Å². The number of carbonyl (C=O) groups is 1. The zero-order valence-corrected chi connectivity index (χ0v) is 18.6. The van der Waals surface area contributed by atoms with Crippen molar-refractivity contribution in [2.45, 2.75) is 31.7 Å². The van der Waals surface area contributed by atoms with E-state index in [-0.39, 0.29) is 11.9 Å². The van der Waals surface area contributed by atoms with Crippen LogP contribution >= 0.6 is 0 Å². The number of rotatable bonds is 3. The first-order valence-electron chi connectivity index (χ1n) is 11.8. The maximum atomic E-state index is 13.4. The average Bonchev–Trinajstić information content (AvgIpc) is 3.60. The van der Waals surface area contributed by atoms with Crippen LogP contribution in [0.3, 0.4) is 0 Å². The molecule has 0 aliphatic heterocycles. The Bertz CT molecular complexity index is 1550. The summed E-state index contributed by atoms with van der Waals surface area (Å²) in [7, 11) is 0. The molecule has 0 saturated heterocycles. The van der Waals surface area contributed by atoms with Crippen molar-refractivity contribution in [2.24, 2.45) is 0 Å². The Morgan fingerprint density at radius 3 is 2.74 bits per heavy atom. The van der Waals surface area contributed by atoms with Crippen LogP contribution in [-0.2, 0) is 12.8 Å². The lowest BCUT2D eigenvalue weighted by molar-refractivity contribution is 0.0945. The third-order valence-electron chi connectivity index (χ3n) is 7.14. The van der Waals surface area contributed by atoms with Crippen LogP contribution in [-0.4, -0.2) is 25.8 Å². The number of hydrogen-bond acceptors (Lipinski definition) is 3. The molecule has 0 bridgehead atoms. The molecule has 5 aromatic rings. The molecule has 1 amide bonds. The first kappa shape index (κ1) is 19.3. The van der Waals surface area contributed by atoms with Crippen molar-refractivity contribution >= 4 is 16.9 Å². The van der Waals surface area contributed by atoms with Crippen molar-refractivity contribution in [2.75, 3.05) is 0 Å². The minimum Gasteiger partial charge on any atom is -0.346 e. The summed E-state index contributed by atoms with van der Waals surface area (Å²) in [5.74, 6) is 0.812. The molecule has 2 aromatic carbocycles. The fraction of sp³-hybridized carbons (Fsp3) is 0.179. The highest BCUT2D eigenvalue weighted by molar-refractivity contribution is 6.06. The fourth-order valence-electron chi connectivity index (χ4n) is 5.56. The lowest BCUT2D eigenvalue weighted by Crippen LogP contribution is -2.28. The molecule has 7 rings (SSSR count). The molecule has 0 unspecified atom stereocenters. The summed E-state index contributed by atoms with van der Waals surface area (Å²) in [6.45, 7) is 0. The number of aromatic nitrogens is 4. The van der Waals surface area contributed by atoms with Crippen LogP contribution in [0.4, 0.5) is 0 Å². The molecule has 6 heteroatoms. The van der Waals surface area contributed by atoms with E-state index in [0.717, 1.165) is 51.9 Å². The number of fused-ring (bicyclic) bond motifs is 5. The van der Waals surface area contributed by atoms with Gasteiger partial charge in [-0.05, 0) is 60.1 Å². The number of imidazole rings is 1. The smallest absolute Gasteiger partial charge is 0.252 e. The largest absolute Gasteiger partial charge is 0.346 e. The quantitative estimate of drug-likeness (QED) is 0.351. The van der Waals surface area contributed by atoms with Crippen LogP contribution in [0.5, 0.6) is 0 Å². The van der Waals surface area contributed by atoms with Crippen molar-refractivity contribution in [3.05, 3.63) is 95.1 Å². The molecular weight excluding hydrogens is 422 g/mol. The van der Waals surface area contributed by atoms with Crippen molar-refractivity contribution in [3.63, 3.8) is 0 Å². The third-order valence-corrected chi connectivity index (χ3v) is 7.14. The predicted octanol–water partition coefficient (Wildman–Crippen LogP) is 5.33. The number of carbonyl (C=O) groups excluding carboxylic acids is 1. The number of aromatic amines is 2. The van der Waals surface area contributed by atoms with Gasteiger partial charge in [0.05, 0.1) is 17.3 Å². The first-order valence-corrected chi connectivity index (χ1v) is 11.8. The summed E-state index contributed by atoms with van der Waals surface area (Å²) in [6.07, 6.45) is 7.99. The van der Waals surface area contributed by atoms with Gasteiger partial charge < -0.3 is 15.3 Å². The molecule has 2 aliphatic rings. The lowest BCUT2D eigenvalue weighted by atomic mass is 9.98. The maximum Gasteiger partial charge on any atom is 0.252 e. The van der Waals surface area contributed by atoms with Gasteiger partial charge in [-0.2, -0.15) is 0 Å². The topological polar surface area (TPSA) is 86.5 Å². The summed E-state index contributed by atoms with van der Waals surface area (Å²) in [4.78, 5) is 29.4. The highest BCUT2D eigenvalue weighted by Gasteiger charge is 2.33. The highest BCUT2D eigenvalue weighted by Crippen LogP contribution is 2.47. The van der Waals surface area contributed by atoms with Gasteiger partial charge in [-0.1, -0.05) is 42.5 Å². The minimum absolute atomic E-state index is 0.112. The molecule has 3 aromatic heterocycles. The summed E-state index contributed by atoms with van der Waals surface area (Å²) < 4.78 is 0. The van der Waals surface area contributed by atoms with Gasteiger partial charge in [0.15, 0.2) is 0 Å². The number of H-pyrrole nitrogens is 2. The molecule has 2 aliphatic carbocycles. The van der Waals surface area contributed by atoms with E-state index in [9.17, 15) is 4.79 Å². The van der Waals surface area contributed by atoms with E-state index in [0.29, 0.717) is 11.2 Å². The van der Waals surface area contributed by atoms with Gasteiger partial charge in [-0.15, -0.1) is 0 Å². The SMILES string of the molecule is O=C(N[C@@H]1c2ccccc2-c2c(-c3nc4c([nH]3)CCCC4)cccc21)c1ccnc2[nH]ccc12. The minimum atomic E-state index is -0.231. The zero-order chi connectivity index (χ0) is 22.6. The molecule has 3 heterocycles. The summed E-state index contributed by atoms with van der Waals surface area (Å²) in [5, 5.41) is 4.13. The fourth-order valence-corrected chi connectivity index (χ4v) is 5.56. The number of benzene rings is 2. The second-order valence-electron chi connectivity index (χ2n) is 9.08. The monoisotopic (exact) mass is 445 g/mol. The van der Waals surface area contributed by atoms with E-state index in [1.807, 2.05) is 18.3 Å². The number of nitrogens with zero attached hydrogens (tertiary/aromatic N) is 2. The first-order chi connectivity index (χ1) is 16.8. The summed E-state index contributed by atoms with van der Waals surface area (Å²) in [6, 6.07) is 18.1. The Morgan fingerprint density at radius 1 is 0.941 bits per heavy atom. The van der Waals surface area contributed by atoms with Crippen molar-refractivity contribution in [1.82, 2.24) is 25.3 Å². The summed E-state index contributed by atoms with van der Waals surface area (Å²) >= 11 is 0. The Kier molecular flexibility index (Phi) is 4.21. The van der Waals surface area contributed by atoms with Crippen LogP contribution in [0.25, 0.3) is 33.5 Å². The Hall–Kier alpha value is -4.19. The molecule has 0 fully saturated rings. The average molecular weight is 446 g/mol. The van der Waals surface area contributed by atoms with Gasteiger partial charge in [0.2, 0.25) is 0 Å². The Morgan fingerprint density at radius 2 is 1.79 bits per heavy atom. The standard InChI is InChI=1S/C28H23N5O/c34-28(19-13-15-30-26-18(19)12-14-29-26)33-25-17-7-2-1-6-16(17)24-20(25)8-5-9-21(24)27-31-22-10-3-4-11-23(22)32-27/h1-2,5-9,12-15,25H,3-4,10-11H2,(H,29,30)(H,31,32)(H,33,34)/t25-/m1/s1. The number of pyridine rings is 1. The van der Waals surface area contributed by atoms with Gasteiger partial charge in [0.25, 0.3) is 5.91 Å².